The molecule has 1 amide bonds. The van der Waals surface area contributed by atoms with Gasteiger partial charge >= 0.3 is 13.7 Å². The van der Waals surface area contributed by atoms with Crippen molar-refractivity contribution in [3.05, 3.63) is 24.4 Å². The Labute approximate surface area is 100 Å². The molecule has 1 unspecified atom stereocenters. The molecule has 0 aliphatic carbocycles. The first-order valence-electron chi connectivity index (χ1n) is 5.10. The van der Waals surface area contributed by atoms with Crippen molar-refractivity contribution in [1.82, 2.24) is 4.90 Å². The molecule has 0 fully saturated rings. The highest BCUT2D eigenvalue weighted by Gasteiger charge is 2.39. The van der Waals surface area contributed by atoms with E-state index in [-0.39, 0.29) is 6.61 Å². The molecule has 0 N–H and O–H groups in total. The average molecular weight is 261 g/mol. The van der Waals surface area contributed by atoms with Gasteiger partial charge in [0.15, 0.2) is 5.78 Å². The molecule has 6 nitrogen and oxygen atoms in total. The summed E-state index contributed by atoms with van der Waals surface area (Å²) < 4.78 is 26.9. The van der Waals surface area contributed by atoms with E-state index < -0.39 is 19.5 Å². The Bertz CT molecular complexity index is 371. The fourth-order valence-electron chi connectivity index (χ4n) is 1.40. The van der Waals surface area contributed by atoms with Crippen LogP contribution in [0.2, 0.25) is 0 Å². The fourth-order valence-corrected chi connectivity index (χ4v) is 2.77. The number of hydrogen-bond donors (Lipinski definition) is 0. The molecule has 0 bridgehead atoms. The average Bonchev–Trinajstić information content (AvgIpc) is 2.38. The summed E-state index contributed by atoms with van der Waals surface area (Å²) in [5.41, 5.74) is 0. The summed E-state index contributed by atoms with van der Waals surface area (Å²) in [7, 11) is -0.848. The van der Waals surface area contributed by atoms with Crippen molar-refractivity contribution in [3.63, 3.8) is 0 Å². The van der Waals surface area contributed by atoms with E-state index in [1.54, 1.807) is 25.2 Å². The summed E-state index contributed by atoms with van der Waals surface area (Å²) in [6.45, 7) is 1.94. The van der Waals surface area contributed by atoms with Gasteiger partial charge in [0, 0.05) is 20.4 Å². The quantitative estimate of drug-likeness (QED) is 0.727. The molecule has 0 radical (unpaired) electrons. The Morgan fingerprint density at radius 2 is 2.00 bits per heavy atom. The minimum absolute atomic E-state index is 0.240. The van der Waals surface area contributed by atoms with Gasteiger partial charge in [-0.05, 0) is 19.1 Å². The maximum absolute atomic E-state index is 12.2. The first-order valence-corrected chi connectivity index (χ1v) is 6.71. The van der Waals surface area contributed by atoms with Crippen LogP contribution in [0.4, 0.5) is 4.79 Å². The van der Waals surface area contributed by atoms with Gasteiger partial charge in [0.05, 0.1) is 6.61 Å². The standard InChI is InChI=1S/C10H16NO5P/c1-4-16-10(12)11-8-6-5-7-9(11)17(13,14-2)15-3/h5-9H,4H2,1-3H3. The summed E-state index contributed by atoms with van der Waals surface area (Å²) in [6.07, 6.45) is 5.78. The van der Waals surface area contributed by atoms with Crippen molar-refractivity contribution in [3.8, 4) is 0 Å². The summed E-state index contributed by atoms with van der Waals surface area (Å²) in [5.74, 6) is -0.804. The second-order valence-electron chi connectivity index (χ2n) is 3.15. The second-order valence-corrected chi connectivity index (χ2v) is 5.49. The molecule has 96 valence electrons. The zero-order valence-corrected chi connectivity index (χ0v) is 10.9. The molecule has 1 aliphatic rings. The minimum Gasteiger partial charge on any atom is -0.449 e. The van der Waals surface area contributed by atoms with E-state index in [2.05, 4.69) is 0 Å². The van der Waals surface area contributed by atoms with Crippen LogP contribution in [0.1, 0.15) is 6.92 Å². The van der Waals surface area contributed by atoms with E-state index >= 15 is 0 Å². The molecule has 0 aromatic rings. The zero-order valence-electron chi connectivity index (χ0n) is 10.0. The highest BCUT2D eigenvalue weighted by atomic mass is 31.2. The van der Waals surface area contributed by atoms with Gasteiger partial charge in [-0.1, -0.05) is 6.08 Å². The first kappa shape index (κ1) is 14.0. The van der Waals surface area contributed by atoms with Crippen molar-refractivity contribution in [2.75, 3.05) is 20.8 Å². The van der Waals surface area contributed by atoms with E-state index in [0.717, 1.165) is 0 Å². The number of nitrogens with zero attached hydrogens (tertiary/aromatic N) is 1. The molecule has 0 aromatic heterocycles. The van der Waals surface area contributed by atoms with E-state index in [9.17, 15) is 9.36 Å². The van der Waals surface area contributed by atoms with Gasteiger partial charge in [-0.15, -0.1) is 0 Å². The normalized spacial score (nSPS) is 19.5. The number of rotatable bonds is 4. The number of carbonyl (C=O) groups excluding carboxylic acids is 1. The van der Waals surface area contributed by atoms with Crippen LogP contribution in [-0.4, -0.2) is 37.6 Å². The maximum atomic E-state index is 12.2. The molecular weight excluding hydrogens is 245 g/mol. The van der Waals surface area contributed by atoms with Gasteiger partial charge in [0.2, 0.25) is 0 Å². The third-order valence-electron chi connectivity index (χ3n) is 2.24. The predicted molar refractivity (Wildman–Crippen MR) is 62.6 cm³/mol. The minimum atomic E-state index is -3.40. The lowest BCUT2D eigenvalue weighted by Crippen LogP contribution is -2.37. The predicted octanol–water partition coefficient (Wildman–Crippen LogP) is 2.34. The van der Waals surface area contributed by atoms with Gasteiger partial charge in [0.1, 0.15) is 0 Å². The van der Waals surface area contributed by atoms with E-state index in [0.29, 0.717) is 0 Å². The maximum Gasteiger partial charge on any atom is 0.414 e. The summed E-state index contributed by atoms with van der Waals surface area (Å²) >= 11 is 0. The molecule has 17 heavy (non-hydrogen) atoms. The Morgan fingerprint density at radius 1 is 1.35 bits per heavy atom. The number of amides is 1. The van der Waals surface area contributed by atoms with Gasteiger partial charge in [-0.25, -0.2) is 4.79 Å². The lowest BCUT2D eigenvalue weighted by atomic mass is 10.3. The van der Waals surface area contributed by atoms with E-state index in [1.807, 2.05) is 0 Å². The molecule has 1 heterocycles. The number of ether oxygens (including phenoxy) is 1. The fraction of sp³-hybridized carbons (Fsp3) is 0.500. The molecule has 1 atom stereocenters. The Kier molecular flexibility index (Phi) is 4.93. The van der Waals surface area contributed by atoms with Crippen LogP contribution >= 0.6 is 7.60 Å². The highest BCUT2D eigenvalue weighted by Crippen LogP contribution is 2.54. The summed E-state index contributed by atoms with van der Waals surface area (Å²) in [5, 5.41) is 0. The number of hydrogen-bond acceptors (Lipinski definition) is 5. The first-order chi connectivity index (χ1) is 8.09. The van der Waals surface area contributed by atoms with Crippen LogP contribution < -0.4 is 0 Å². The van der Waals surface area contributed by atoms with Gasteiger partial charge in [0.25, 0.3) is 0 Å². The molecule has 0 aromatic carbocycles. The molecule has 0 saturated heterocycles. The lowest BCUT2D eigenvalue weighted by molar-refractivity contribution is 0.117. The van der Waals surface area contributed by atoms with Crippen LogP contribution in [0.3, 0.4) is 0 Å². The van der Waals surface area contributed by atoms with Crippen LogP contribution in [0.25, 0.3) is 0 Å². The number of carbonyl (C=O) groups is 1. The topological polar surface area (TPSA) is 65.1 Å². The van der Waals surface area contributed by atoms with Crippen molar-refractivity contribution in [1.29, 1.82) is 0 Å². The summed E-state index contributed by atoms with van der Waals surface area (Å²) in [4.78, 5) is 12.9. The van der Waals surface area contributed by atoms with Crippen LogP contribution in [0.15, 0.2) is 24.4 Å². The Balaban J connectivity index is 2.96. The SMILES string of the molecule is CCOC(=O)N1C=CC=CC1P(=O)(OC)OC. The highest BCUT2D eigenvalue weighted by molar-refractivity contribution is 7.54. The van der Waals surface area contributed by atoms with Crippen molar-refractivity contribution in [2.24, 2.45) is 0 Å². The van der Waals surface area contributed by atoms with Gasteiger partial charge in [-0.2, -0.15) is 0 Å². The van der Waals surface area contributed by atoms with Crippen LogP contribution in [-0.2, 0) is 18.3 Å². The van der Waals surface area contributed by atoms with E-state index in [1.165, 1.54) is 25.3 Å². The van der Waals surface area contributed by atoms with Crippen LogP contribution in [0.5, 0.6) is 0 Å². The summed E-state index contributed by atoms with van der Waals surface area (Å²) in [6, 6.07) is 0. The largest absolute Gasteiger partial charge is 0.449 e. The molecule has 1 rings (SSSR count). The third kappa shape index (κ3) is 2.97. The van der Waals surface area contributed by atoms with Crippen LogP contribution in [0, 0.1) is 0 Å². The third-order valence-corrected chi connectivity index (χ3v) is 4.32. The van der Waals surface area contributed by atoms with Crippen molar-refractivity contribution in [2.45, 2.75) is 12.7 Å². The molecule has 0 saturated carbocycles. The molecular formula is C10H16NO5P. The smallest absolute Gasteiger partial charge is 0.414 e. The zero-order chi connectivity index (χ0) is 12.9. The number of allylic oxidation sites excluding steroid dienone is 2. The monoisotopic (exact) mass is 261 g/mol. The van der Waals surface area contributed by atoms with Gasteiger partial charge < -0.3 is 13.8 Å². The second kappa shape index (κ2) is 6.00. The van der Waals surface area contributed by atoms with Gasteiger partial charge in [-0.3, -0.25) is 9.46 Å². The Morgan fingerprint density at radius 3 is 2.53 bits per heavy atom. The lowest BCUT2D eigenvalue weighted by Gasteiger charge is -2.31. The Hall–Kier alpha value is -1.10. The van der Waals surface area contributed by atoms with E-state index in [4.69, 9.17) is 13.8 Å². The molecule has 7 heteroatoms. The van der Waals surface area contributed by atoms with Crippen molar-refractivity contribution >= 4 is 13.7 Å². The molecule has 0 spiro atoms. The van der Waals surface area contributed by atoms with Crippen molar-refractivity contribution < 1.29 is 23.1 Å². The molecule has 1 aliphatic heterocycles.